The highest BCUT2D eigenvalue weighted by molar-refractivity contribution is 8.16. The highest BCUT2D eigenvalue weighted by Gasteiger charge is 2.12. The van der Waals surface area contributed by atoms with Crippen LogP contribution in [-0.2, 0) is 0 Å². The molecule has 0 radical (unpaired) electrons. The van der Waals surface area contributed by atoms with Crippen molar-refractivity contribution < 1.29 is 4.74 Å². The zero-order valence-electron chi connectivity index (χ0n) is 9.15. The first-order chi connectivity index (χ1) is 7.85. The van der Waals surface area contributed by atoms with Gasteiger partial charge in [0.2, 0.25) is 0 Å². The average molecular weight is 235 g/mol. The minimum Gasteiger partial charge on any atom is -0.496 e. The summed E-state index contributed by atoms with van der Waals surface area (Å²) in [5, 5.41) is 2.86. The van der Waals surface area contributed by atoms with Crippen molar-refractivity contribution in [2.45, 2.75) is 0 Å². The summed E-state index contributed by atoms with van der Waals surface area (Å²) in [5.41, 5.74) is 8.11. The van der Waals surface area contributed by atoms with E-state index in [1.807, 2.05) is 29.7 Å². The fourth-order valence-corrected chi connectivity index (χ4v) is 2.03. The van der Waals surface area contributed by atoms with Crippen molar-refractivity contribution in [3.05, 3.63) is 35.2 Å². The number of nitrogens with zero attached hydrogens (tertiary/aromatic N) is 1. The molecule has 0 amide bonds. The number of hydrogen-bond donors (Lipinski definition) is 2. The van der Waals surface area contributed by atoms with Gasteiger partial charge in [0.1, 0.15) is 5.75 Å². The molecule has 0 bridgehead atoms. The molecule has 1 aliphatic heterocycles. The molecule has 0 aromatic heterocycles. The smallest absolute Gasteiger partial charge is 0.179 e. The second kappa shape index (κ2) is 4.94. The van der Waals surface area contributed by atoms with Gasteiger partial charge >= 0.3 is 0 Å². The molecule has 0 aliphatic carbocycles. The van der Waals surface area contributed by atoms with Gasteiger partial charge in [-0.3, -0.25) is 15.8 Å². The van der Waals surface area contributed by atoms with Crippen LogP contribution in [0.4, 0.5) is 0 Å². The van der Waals surface area contributed by atoms with Crippen molar-refractivity contribution >= 4 is 22.6 Å². The number of aliphatic imine (C=N–C) groups is 1. The largest absolute Gasteiger partial charge is 0.496 e. The molecule has 16 heavy (non-hydrogen) atoms. The van der Waals surface area contributed by atoms with E-state index in [2.05, 4.69) is 15.8 Å². The van der Waals surface area contributed by atoms with E-state index in [-0.39, 0.29) is 0 Å². The van der Waals surface area contributed by atoms with Gasteiger partial charge < -0.3 is 4.74 Å². The summed E-state index contributed by atoms with van der Waals surface area (Å²) in [6, 6.07) is 7.87. The molecule has 84 valence electrons. The summed E-state index contributed by atoms with van der Waals surface area (Å²) in [7, 11) is 3.42. The van der Waals surface area contributed by atoms with E-state index >= 15 is 0 Å². The van der Waals surface area contributed by atoms with Crippen LogP contribution in [0, 0.1) is 0 Å². The Balaban J connectivity index is 2.28. The molecular weight excluding hydrogens is 222 g/mol. The monoisotopic (exact) mass is 235 g/mol. The fraction of sp³-hybridized carbons (Fsp3) is 0.182. The van der Waals surface area contributed by atoms with E-state index in [1.165, 1.54) is 0 Å². The molecule has 5 heteroatoms. The maximum atomic E-state index is 5.30. The van der Waals surface area contributed by atoms with E-state index in [4.69, 9.17) is 4.74 Å². The van der Waals surface area contributed by atoms with Crippen LogP contribution in [0.1, 0.15) is 5.56 Å². The highest BCUT2D eigenvalue weighted by atomic mass is 32.2. The lowest BCUT2D eigenvalue weighted by molar-refractivity contribution is 0.413. The zero-order valence-corrected chi connectivity index (χ0v) is 9.97. The van der Waals surface area contributed by atoms with Gasteiger partial charge in [-0.05, 0) is 12.1 Å². The zero-order chi connectivity index (χ0) is 11.4. The molecule has 2 rings (SSSR count). The Morgan fingerprint density at radius 2 is 2.06 bits per heavy atom. The quantitative estimate of drug-likeness (QED) is 0.821. The van der Waals surface area contributed by atoms with Crippen molar-refractivity contribution in [3.8, 4) is 5.75 Å². The number of para-hydroxylation sites is 1. The molecule has 0 unspecified atom stereocenters. The lowest BCUT2D eigenvalue weighted by atomic mass is 10.1. The number of hydrazine groups is 1. The molecule has 1 aromatic carbocycles. The summed E-state index contributed by atoms with van der Waals surface area (Å²) in [4.78, 5) is 4.05. The first-order valence-electron chi connectivity index (χ1n) is 4.84. The van der Waals surface area contributed by atoms with E-state index < -0.39 is 0 Å². The molecule has 1 aliphatic rings. The summed E-state index contributed by atoms with van der Waals surface area (Å²) in [6.07, 6.45) is 0. The van der Waals surface area contributed by atoms with Gasteiger partial charge in [0, 0.05) is 18.0 Å². The summed E-state index contributed by atoms with van der Waals surface area (Å²) in [6.45, 7) is 0. The number of nitrogens with one attached hydrogen (secondary N) is 2. The van der Waals surface area contributed by atoms with Crippen LogP contribution in [0.25, 0.3) is 5.70 Å². The highest BCUT2D eigenvalue weighted by Crippen LogP contribution is 2.27. The van der Waals surface area contributed by atoms with Crippen LogP contribution in [0.15, 0.2) is 34.7 Å². The van der Waals surface area contributed by atoms with Crippen LogP contribution in [-0.4, -0.2) is 19.3 Å². The Morgan fingerprint density at radius 3 is 2.69 bits per heavy atom. The minimum atomic E-state index is 0.846. The third-order valence-corrected chi connectivity index (χ3v) is 3.05. The van der Waals surface area contributed by atoms with Gasteiger partial charge in [0.25, 0.3) is 0 Å². The second-order valence-electron chi connectivity index (χ2n) is 3.13. The molecule has 0 spiro atoms. The number of benzene rings is 1. The summed E-state index contributed by atoms with van der Waals surface area (Å²) in [5.74, 6) is 0.848. The Morgan fingerprint density at radius 1 is 1.25 bits per heavy atom. The Kier molecular flexibility index (Phi) is 3.36. The van der Waals surface area contributed by atoms with Gasteiger partial charge in [-0.2, -0.15) is 0 Å². The topological polar surface area (TPSA) is 45.7 Å². The van der Waals surface area contributed by atoms with Gasteiger partial charge in [0.05, 0.1) is 12.8 Å². The molecule has 1 heterocycles. The van der Waals surface area contributed by atoms with Gasteiger partial charge in [-0.15, -0.1) is 0 Å². The molecule has 0 atom stereocenters. The number of amidine groups is 1. The van der Waals surface area contributed by atoms with Crippen molar-refractivity contribution in [2.75, 3.05) is 14.2 Å². The molecule has 0 saturated heterocycles. The van der Waals surface area contributed by atoms with Crippen LogP contribution < -0.4 is 15.6 Å². The maximum absolute atomic E-state index is 5.30. The minimum absolute atomic E-state index is 0.846. The normalized spacial score (nSPS) is 17.4. The van der Waals surface area contributed by atoms with Crippen LogP contribution in [0.5, 0.6) is 5.75 Å². The SMILES string of the molecule is CN=C1NNC(c2ccccc2OC)=CS1. The van der Waals surface area contributed by atoms with E-state index in [9.17, 15) is 0 Å². The predicted molar refractivity (Wildman–Crippen MR) is 68.2 cm³/mol. The summed E-state index contributed by atoms with van der Waals surface area (Å²) >= 11 is 1.54. The van der Waals surface area contributed by atoms with Gasteiger partial charge in [0.15, 0.2) is 5.17 Å². The molecule has 1 aromatic rings. The molecule has 4 nitrogen and oxygen atoms in total. The molecule has 0 fully saturated rings. The second-order valence-corrected chi connectivity index (χ2v) is 3.99. The average Bonchev–Trinajstić information content (AvgIpc) is 2.39. The molecule has 2 N–H and O–H groups in total. The number of thioether (sulfide) groups is 1. The number of methoxy groups -OCH3 is 1. The lowest BCUT2D eigenvalue weighted by Gasteiger charge is -2.19. The van der Waals surface area contributed by atoms with Gasteiger partial charge in [-0.1, -0.05) is 23.9 Å². The predicted octanol–water partition coefficient (Wildman–Crippen LogP) is 1.82. The van der Waals surface area contributed by atoms with E-state index in [0.29, 0.717) is 0 Å². The van der Waals surface area contributed by atoms with Crippen molar-refractivity contribution in [1.29, 1.82) is 0 Å². The molecular formula is C11H13N3OS. The third-order valence-electron chi connectivity index (χ3n) is 2.19. The number of hydrogen-bond acceptors (Lipinski definition) is 4. The first-order valence-corrected chi connectivity index (χ1v) is 5.72. The number of rotatable bonds is 2. The van der Waals surface area contributed by atoms with Crippen molar-refractivity contribution in [1.82, 2.24) is 10.9 Å². The van der Waals surface area contributed by atoms with Crippen LogP contribution in [0.2, 0.25) is 0 Å². The Hall–Kier alpha value is -1.62. The standard InChI is InChI=1S/C11H13N3OS/c1-12-11-14-13-9(7-16-11)8-5-3-4-6-10(8)15-2/h3-7,13H,1-2H3,(H,12,14). The van der Waals surface area contributed by atoms with Crippen molar-refractivity contribution in [3.63, 3.8) is 0 Å². The van der Waals surface area contributed by atoms with Gasteiger partial charge in [-0.25, -0.2) is 0 Å². The summed E-state index contributed by atoms with van der Waals surface area (Å²) < 4.78 is 5.30. The van der Waals surface area contributed by atoms with Crippen LogP contribution in [0.3, 0.4) is 0 Å². The Bertz CT molecular complexity index is 443. The first kappa shape index (κ1) is 10.9. The van der Waals surface area contributed by atoms with E-state index in [0.717, 1.165) is 22.2 Å². The number of ether oxygens (including phenoxy) is 1. The van der Waals surface area contributed by atoms with Crippen molar-refractivity contribution in [2.24, 2.45) is 4.99 Å². The Labute approximate surface area is 98.8 Å². The van der Waals surface area contributed by atoms with E-state index in [1.54, 1.807) is 25.9 Å². The maximum Gasteiger partial charge on any atom is 0.179 e. The van der Waals surface area contributed by atoms with Crippen LogP contribution >= 0.6 is 11.8 Å². The fourth-order valence-electron chi connectivity index (χ4n) is 1.40. The third kappa shape index (κ3) is 2.14. The lowest BCUT2D eigenvalue weighted by Crippen LogP contribution is -2.36. The molecule has 0 saturated carbocycles.